The fourth-order valence-electron chi connectivity index (χ4n) is 4.82. The Bertz CT molecular complexity index is 1290. The second kappa shape index (κ2) is 11.3. The van der Waals surface area contributed by atoms with Gasteiger partial charge in [-0.15, -0.1) is 0 Å². The number of pyridine rings is 1. The fourth-order valence-corrected chi connectivity index (χ4v) is 5.18. The Balaban J connectivity index is 1.68. The van der Waals surface area contributed by atoms with E-state index >= 15 is 0 Å². The van der Waals surface area contributed by atoms with E-state index in [0.29, 0.717) is 16.5 Å². The number of fused-ring (bicyclic) bond motifs is 1. The van der Waals surface area contributed by atoms with Gasteiger partial charge in [0.1, 0.15) is 17.5 Å². The largest absolute Gasteiger partial charge is 0.481 e. The van der Waals surface area contributed by atoms with E-state index in [1.807, 2.05) is 25.1 Å². The molecule has 36 heavy (non-hydrogen) atoms. The van der Waals surface area contributed by atoms with Crippen molar-refractivity contribution in [3.8, 4) is 0 Å². The van der Waals surface area contributed by atoms with E-state index in [0.717, 1.165) is 66.4 Å². The molecule has 1 aromatic heterocycles. The average Bonchev–Trinajstić information content (AvgIpc) is 2.85. The number of rotatable bonds is 8. The number of anilines is 1. The number of aromatic nitrogens is 1. The first-order valence-corrected chi connectivity index (χ1v) is 12.8. The van der Waals surface area contributed by atoms with Crippen LogP contribution in [0.25, 0.3) is 10.9 Å². The zero-order chi connectivity index (χ0) is 25.8. The molecular weight excluding hydrogens is 532 g/mol. The first-order valence-electron chi connectivity index (χ1n) is 12.0. The highest BCUT2D eigenvalue weighted by Gasteiger charge is 2.24. The number of hydrogen-bond acceptors (Lipinski definition) is 4. The number of carboxylic acid groups (broad SMARTS) is 1. The van der Waals surface area contributed by atoms with Crippen LogP contribution in [0.1, 0.15) is 59.5 Å². The number of hydrogen-bond donors (Lipinski definition) is 2. The molecule has 0 bridgehead atoms. The number of carboxylic acids is 1. The van der Waals surface area contributed by atoms with Crippen LogP contribution in [-0.2, 0) is 4.79 Å². The molecule has 1 amide bonds. The molecular formula is C27H28BrF2N3O3. The van der Waals surface area contributed by atoms with Gasteiger partial charge in [-0.05, 0) is 74.6 Å². The van der Waals surface area contributed by atoms with Gasteiger partial charge < -0.3 is 15.3 Å². The minimum Gasteiger partial charge on any atom is -0.481 e. The quantitative estimate of drug-likeness (QED) is 0.356. The van der Waals surface area contributed by atoms with Crippen LogP contribution in [0.4, 0.5) is 14.6 Å². The lowest BCUT2D eigenvalue weighted by Gasteiger charge is -2.30. The van der Waals surface area contributed by atoms with Crippen LogP contribution in [0.3, 0.4) is 0 Å². The van der Waals surface area contributed by atoms with E-state index in [1.54, 1.807) is 0 Å². The van der Waals surface area contributed by atoms with E-state index in [4.69, 9.17) is 10.1 Å². The van der Waals surface area contributed by atoms with Gasteiger partial charge in [-0.3, -0.25) is 9.59 Å². The molecule has 6 nitrogen and oxygen atoms in total. The first-order chi connectivity index (χ1) is 17.2. The molecule has 9 heteroatoms. The van der Waals surface area contributed by atoms with Crippen LogP contribution in [0.5, 0.6) is 0 Å². The molecule has 4 rings (SSSR count). The number of piperidine rings is 1. The number of nitrogens with zero attached hydrogens (tertiary/aromatic N) is 2. The van der Waals surface area contributed by atoms with E-state index < -0.39 is 23.5 Å². The van der Waals surface area contributed by atoms with Crippen molar-refractivity contribution in [1.82, 2.24) is 10.3 Å². The van der Waals surface area contributed by atoms with Crippen LogP contribution >= 0.6 is 15.9 Å². The Labute approximate surface area is 216 Å². The van der Waals surface area contributed by atoms with Gasteiger partial charge in [0, 0.05) is 47.4 Å². The lowest BCUT2D eigenvalue weighted by Crippen LogP contribution is -2.33. The monoisotopic (exact) mass is 559 g/mol. The minimum absolute atomic E-state index is 0.0389. The summed E-state index contributed by atoms with van der Waals surface area (Å²) in [5.41, 5.74) is 1.95. The van der Waals surface area contributed by atoms with Crippen LogP contribution < -0.4 is 10.2 Å². The fraction of sp³-hybridized carbons (Fsp3) is 0.370. The highest BCUT2D eigenvalue weighted by Crippen LogP contribution is 2.32. The summed E-state index contributed by atoms with van der Waals surface area (Å²) in [6.07, 6.45) is 3.10. The topological polar surface area (TPSA) is 82.5 Å². The molecule has 0 saturated carbocycles. The van der Waals surface area contributed by atoms with Crippen molar-refractivity contribution < 1.29 is 23.5 Å². The van der Waals surface area contributed by atoms with Gasteiger partial charge in [0.15, 0.2) is 0 Å². The molecule has 3 aromatic rings. The van der Waals surface area contributed by atoms with Gasteiger partial charge in [0.05, 0.1) is 11.1 Å². The molecule has 1 atom stereocenters. The lowest BCUT2D eigenvalue weighted by atomic mass is 9.93. The Hall–Kier alpha value is -3.07. The standard InChI is InChI=1S/C27H28BrF2N3O3/c1-16-25(21-13-18(28)6-9-23(21)32-26(16)33-11-3-2-4-12-33)27(36)31-15-17(5-10-24(34)35)20-14-19(29)7-8-22(20)30/h6-9,13-14,17H,2-5,10-12,15H2,1H3,(H,31,36)(H,34,35)/t17-/m0/s1. The highest BCUT2D eigenvalue weighted by atomic mass is 79.9. The number of halogens is 3. The average molecular weight is 560 g/mol. The number of amides is 1. The van der Waals surface area contributed by atoms with Crippen LogP contribution in [0, 0.1) is 18.6 Å². The Morgan fingerprint density at radius 3 is 2.61 bits per heavy atom. The van der Waals surface area contributed by atoms with Crippen molar-refractivity contribution in [2.45, 2.75) is 44.9 Å². The summed E-state index contributed by atoms with van der Waals surface area (Å²) in [7, 11) is 0. The molecule has 1 fully saturated rings. The Morgan fingerprint density at radius 1 is 1.14 bits per heavy atom. The predicted molar refractivity (Wildman–Crippen MR) is 139 cm³/mol. The van der Waals surface area contributed by atoms with E-state index in [1.165, 1.54) is 0 Å². The molecule has 0 unspecified atom stereocenters. The molecule has 2 aromatic carbocycles. The van der Waals surface area contributed by atoms with Crippen molar-refractivity contribution in [3.63, 3.8) is 0 Å². The highest BCUT2D eigenvalue weighted by molar-refractivity contribution is 9.10. The van der Waals surface area contributed by atoms with Gasteiger partial charge in [-0.1, -0.05) is 15.9 Å². The van der Waals surface area contributed by atoms with Crippen LogP contribution in [0.15, 0.2) is 40.9 Å². The maximum Gasteiger partial charge on any atom is 0.303 e. The van der Waals surface area contributed by atoms with Crippen molar-refractivity contribution in [3.05, 3.63) is 69.2 Å². The number of carbonyl (C=O) groups is 2. The number of benzene rings is 2. The van der Waals surface area contributed by atoms with Gasteiger partial charge >= 0.3 is 5.97 Å². The Kier molecular flexibility index (Phi) is 8.18. The molecule has 1 aliphatic heterocycles. The summed E-state index contributed by atoms with van der Waals surface area (Å²) in [6.45, 7) is 3.57. The summed E-state index contributed by atoms with van der Waals surface area (Å²) in [5.74, 6) is -2.60. The summed E-state index contributed by atoms with van der Waals surface area (Å²) in [5, 5.41) is 12.7. The number of carbonyl (C=O) groups excluding carboxylic acids is 1. The molecule has 2 N–H and O–H groups in total. The van der Waals surface area contributed by atoms with Gasteiger partial charge in [0.2, 0.25) is 0 Å². The van der Waals surface area contributed by atoms with Gasteiger partial charge in [-0.25, -0.2) is 13.8 Å². The molecule has 0 spiro atoms. The maximum atomic E-state index is 14.5. The zero-order valence-corrected chi connectivity index (χ0v) is 21.6. The van der Waals surface area contributed by atoms with Crippen LogP contribution in [-0.4, -0.2) is 41.6 Å². The third kappa shape index (κ3) is 5.83. The summed E-state index contributed by atoms with van der Waals surface area (Å²) in [6, 6.07) is 8.67. The number of nitrogens with one attached hydrogen (secondary N) is 1. The molecule has 0 aliphatic carbocycles. The molecule has 0 radical (unpaired) electrons. The summed E-state index contributed by atoms with van der Waals surface area (Å²) >= 11 is 3.47. The van der Waals surface area contributed by atoms with Gasteiger partial charge in [-0.2, -0.15) is 0 Å². The van der Waals surface area contributed by atoms with Gasteiger partial charge in [0.25, 0.3) is 5.91 Å². The van der Waals surface area contributed by atoms with Crippen molar-refractivity contribution >= 4 is 44.5 Å². The predicted octanol–water partition coefficient (Wildman–Crippen LogP) is 5.95. The lowest BCUT2D eigenvalue weighted by molar-refractivity contribution is -0.137. The number of aliphatic carboxylic acids is 1. The SMILES string of the molecule is Cc1c(N2CCCCC2)nc2ccc(Br)cc2c1C(=O)NC[C@H](CCC(=O)O)c1cc(F)ccc1F. The third-order valence-corrected chi connectivity index (χ3v) is 7.15. The second-order valence-corrected chi connectivity index (χ2v) is 10.1. The molecule has 1 saturated heterocycles. The molecule has 190 valence electrons. The Morgan fingerprint density at radius 2 is 1.89 bits per heavy atom. The normalized spacial score (nSPS) is 14.6. The zero-order valence-electron chi connectivity index (χ0n) is 20.0. The smallest absolute Gasteiger partial charge is 0.303 e. The minimum atomic E-state index is -1.05. The first kappa shape index (κ1) is 26.0. The van der Waals surface area contributed by atoms with E-state index in [9.17, 15) is 18.4 Å². The van der Waals surface area contributed by atoms with Crippen molar-refractivity contribution in [1.29, 1.82) is 0 Å². The summed E-state index contributed by atoms with van der Waals surface area (Å²) in [4.78, 5) is 31.8. The maximum absolute atomic E-state index is 14.5. The third-order valence-electron chi connectivity index (χ3n) is 6.66. The second-order valence-electron chi connectivity index (χ2n) is 9.15. The van der Waals surface area contributed by atoms with Crippen LogP contribution in [0.2, 0.25) is 0 Å². The van der Waals surface area contributed by atoms with E-state index in [-0.39, 0.29) is 30.9 Å². The van der Waals surface area contributed by atoms with Crippen molar-refractivity contribution in [2.24, 2.45) is 0 Å². The summed E-state index contributed by atoms with van der Waals surface area (Å²) < 4.78 is 29.2. The molecule has 1 aliphatic rings. The van der Waals surface area contributed by atoms with Crippen molar-refractivity contribution in [2.75, 3.05) is 24.5 Å². The van der Waals surface area contributed by atoms with E-state index in [2.05, 4.69) is 26.1 Å². The molecule has 2 heterocycles.